The number of aliphatic hydroxyl groups is 1. The van der Waals surface area contributed by atoms with Crippen LogP contribution in [0.25, 0.3) is 0 Å². The summed E-state index contributed by atoms with van der Waals surface area (Å²) < 4.78 is 14.2. The van der Waals surface area contributed by atoms with Crippen LogP contribution in [0.1, 0.15) is 45.5 Å². The van der Waals surface area contributed by atoms with Crippen LogP contribution in [-0.2, 0) is 4.79 Å². The summed E-state index contributed by atoms with van der Waals surface area (Å²) >= 11 is 0. The molecule has 4 atom stereocenters. The van der Waals surface area contributed by atoms with Gasteiger partial charge in [-0.1, -0.05) is 72.8 Å². The van der Waals surface area contributed by atoms with E-state index in [0.29, 0.717) is 16.7 Å². The van der Waals surface area contributed by atoms with Crippen LogP contribution in [-0.4, -0.2) is 28.1 Å². The van der Waals surface area contributed by atoms with Gasteiger partial charge in [-0.25, -0.2) is 4.39 Å². The largest absolute Gasteiger partial charge is 0.389 e. The molecule has 1 saturated carbocycles. The molecule has 0 bridgehead atoms. The monoisotopic (exact) mass is 430 g/mol. The number of hydrogen-bond donors (Lipinski definition) is 1. The van der Waals surface area contributed by atoms with Crippen LogP contribution < -0.4 is 0 Å². The van der Waals surface area contributed by atoms with Crippen LogP contribution in [0.5, 0.6) is 0 Å². The van der Waals surface area contributed by atoms with E-state index in [0.717, 1.165) is 0 Å². The quantitative estimate of drug-likeness (QED) is 0.473. The van der Waals surface area contributed by atoms with E-state index in [-0.39, 0.29) is 12.2 Å². The molecule has 162 valence electrons. The molecule has 3 aromatic rings. The third kappa shape index (κ3) is 4.04. The number of rotatable bonds is 5. The molecule has 0 aliphatic heterocycles. The van der Waals surface area contributed by atoms with E-state index in [1.54, 1.807) is 66.7 Å². The van der Waals surface area contributed by atoms with Gasteiger partial charge in [0.2, 0.25) is 0 Å². The normalized spacial score (nSPS) is 25.3. The van der Waals surface area contributed by atoms with Crippen LogP contribution in [0.4, 0.5) is 4.39 Å². The molecule has 0 radical (unpaired) electrons. The summed E-state index contributed by atoms with van der Waals surface area (Å²) in [4.78, 5) is 40.3. The van der Waals surface area contributed by atoms with Gasteiger partial charge >= 0.3 is 0 Å². The van der Waals surface area contributed by atoms with Crippen molar-refractivity contribution in [3.8, 4) is 0 Å². The van der Waals surface area contributed by atoms with E-state index < -0.39 is 40.7 Å². The number of Topliss-reactive ketones (excluding diaryl/α,β-unsaturated/α-hetero) is 3. The van der Waals surface area contributed by atoms with Gasteiger partial charge in [0, 0.05) is 23.5 Å². The fourth-order valence-electron chi connectivity index (χ4n) is 4.77. The first-order valence-corrected chi connectivity index (χ1v) is 10.5. The Morgan fingerprint density at radius 3 is 2.00 bits per heavy atom. The second-order valence-electron chi connectivity index (χ2n) is 8.50. The van der Waals surface area contributed by atoms with Crippen molar-refractivity contribution < 1.29 is 23.9 Å². The molecule has 32 heavy (non-hydrogen) atoms. The zero-order chi connectivity index (χ0) is 22.9. The molecule has 1 aliphatic carbocycles. The van der Waals surface area contributed by atoms with E-state index in [2.05, 4.69) is 0 Å². The zero-order valence-corrected chi connectivity index (χ0v) is 17.6. The second-order valence-corrected chi connectivity index (χ2v) is 8.50. The van der Waals surface area contributed by atoms with Crippen molar-refractivity contribution in [3.05, 3.63) is 107 Å². The first kappa shape index (κ1) is 21.8. The summed E-state index contributed by atoms with van der Waals surface area (Å²) in [6.45, 7) is 1.44. The van der Waals surface area contributed by atoms with Crippen LogP contribution in [0.15, 0.2) is 84.9 Å². The molecular formula is C27H23FO4. The van der Waals surface area contributed by atoms with Gasteiger partial charge in [0.15, 0.2) is 11.6 Å². The average Bonchev–Trinajstić information content (AvgIpc) is 2.78. The SMILES string of the molecule is C[C@]1(O)CC(=O)[C@H](C(=O)c2ccccc2)[C@H](c2cccc(F)c2)[C@H]1C(=O)c1ccccc1. The van der Waals surface area contributed by atoms with Gasteiger partial charge in [0.05, 0.1) is 17.4 Å². The van der Waals surface area contributed by atoms with Gasteiger partial charge in [0.25, 0.3) is 0 Å². The highest BCUT2D eigenvalue weighted by atomic mass is 19.1. The summed E-state index contributed by atoms with van der Waals surface area (Å²) in [5, 5.41) is 11.3. The van der Waals surface area contributed by atoms with Gasteiger partial charge < -0.3 is 5.11 Å². The molecule has 1 N–H and O–H groups in total. The number of carbonyl (C=O) groups is 3. The molecule has 0 spiro atoms. The minimum absolute atomic E-state index is 0.333. The molecule has 1 fully saturated rings. The molecule has 1 aliphatic rings. The molecule has 0 saturated heterocycles. The molecule has 0 unspecified atom stereocenters. The van der Waals surface area contributed by atoms with Crippen LogP contribution in [0.2, 0.25) is 0 Å². The Hall–Kier alpha value is -3.44. The Bertz CT molecular complexity index is 1150. The van der Waals surface area contributed by atoms with Gasteiger partial charge in [-0.2, -0.15) is 0 Å². The van der Waals surface area contributed by atoms with Crippen molar-refractivity contribution in [3.63, 3.8) is 0 Å². The van der Waals surface area contributed by atoms with Gasteiger partial charge in [-0.05, 0) is 24.6 Å². The maximum absolute atomic E-state index is 14.2. The Labute approximate surface area is 185 Å². The first-order valence-electron chi connectivity index (χ1n) is 10.5. The molecule has 0 heterocycles. The maximum atomic E-state index is 14.2. The Morgan fingerprint density at radius 1 is 0.875 bits per heavy atom. The minimum atomic E-state index is -1.70. The highest BCUT2D eigenvalue weighted by Crippen LogP contribution is 2.48. The topological polar surface area (TPSA) is 71.4 Å². The van der Waals surface area contributed by atoms with Crippen LogP contribution in [0.3, 0.4) is 0 Å². The Morgan fingerprint density at radius 2 is 1.44 bits per heavy atom. The number of hydrogen-bond acceptors (Lipinski definition) is 4. The van der Waals surface area contributed by atoms with Gasteiger partial charge in [0.1, 0.15) is 11.6 Å². The first-order chi connectivity index (χ1) is 15.3. The fourth-order valence-corrected chi connectivity index (χ4v) is 4.77. The predicted molar refractivity (Wildman–Crippen MR) is 118 cm³/mol. The Kier molecular flexibility index (Phi) is 5.85. The third-order valence-corrected chi connectivity index (χ3v) is 6.18. The van der Waals surface area contributed by atoms with E-state index in [1.807, 2.05) is 0 Å². The molecule has 4 nitrogen and oxygen atoms in total. The molecule has 0 amide bonds. The van der Waals surface area contributed by atoms with E-state index in [1.165, 1.54) is 25.1 Å². The molecule has 4 rings (SSSR count). The number of halogens is 1. The third-order valence-electron chi connectivity index (χ3n) is 6.18. The lowest BCUT2D eigenvalue weighted by molar-refractivity contribution is -0.134. The Balaban J connectivity index is 1.90. The summed E-state index contributed by atoms with van der Waals surface area (Å²) in [7, 11) is 0. The summed E-state index contributed by atoms with van der Waals surface area (Å²) in [6.07, 6.45) is -0.342. The van der Waals surface area contributed by atoms with Crippen LogP contribution >= 0.6 is 0 Å². The van der Waals surface area contributed by atoms with E-state index >= 15 is 0 Å². The molecule has 3 aromatic carbocycles. The summed E-state index contributed by atoms with van der Waals surface area (Å²) in [6, 6.07) is 22.4. The molecular weight excluding hydrogens is 407 g/mol. The van der Waals surface area contributed by atoms with E-state index in [9.17, 15) is 23.9 Å². The molecule has 5 heteroatoms. The van der Waals surface area contributed by atoms with Crippen molar-refractivity contribution in [1.82, 2.24) is 0 Å². The van der Waals surface area contributed by atoms with Gasteiger partial charge in [-0.15, -0.1) is 0 Å². The van der Waals surface area contributed by atoms with Crippen LogP contribution in [0, 0.1) is 17.7 Å². The standard InChI is InChI=1S/C27H23FO4/c1-27(32)16-21(29)23(25(30)17-9-4-2-5-10-17)22(19-13-8-14-20(28)15-19)24(27)26(31)18-11-6-3-7-12-18/h2-15,22-24,32H,16H2,1H3/t22-,23-,24-,27-/m0/s1. The van der Waals surface area contributed by atoms with E-state index in [4.69, 9.17) is 0 Å². The minimum Gasteiger partial charge on any atom is -0.389 e. The second kappa shape index (κ2) is 8.60. The van der Waals surface area contributed by atoms with Crippen molar-refractivity contribution in [2.45, 2.75) is 24.9 Å². The van der Waals surface area contributed by atoms with Crippen molar-refractivity contribution in [2.75, 3.05) is 0 Å². The highest BCUT2D eigenvalue weighted by Gasteiger charge is 2.55. The zero-order valence-electron chi connectivity index (χ0n) is 17.6. The van der Waals surface area contributed by atoms with Crippen molar-refractivity contribution >= 4 is 17.3 Å². The van der Waals surface area contributed by atoms with Crippen molar-refractivity contribution in [2.24, 2.45) is 11.8 Å². The lowest BCUT2D eigenvalue weighted by atomic mass is 9.58. The van der Waals surface area contributed by atoms with Crippen molar-refractivity contribution in [1.29, 1.82) is 0 Å². The summed E-state index contributed by atoms with van der Waals surface area (Å²) in [5.41, 5.74) is -0.671. The maximum Gasteiger partial charge on any atom is 0.173 e. The lowest BCUT2D eigenvalue weighted by Gasteiger charge is -2.45. The number of carbonyl (C=O) groups excluding carboxylic acids is 3. The smallest absolute Gasteiger partial charge is 0.173 e. The number of benzene rings is 3. The lowest BCUT2D eigenvalue weighted by Crippen LogP contribution is -2.54. The highest BCUT2D eigenvalue weighted by molar-refractivity contribution is 6.13. The number of ketones is 3. The fraction of sp³-hybridized carbons (Fsp3) is 0.222. The predicted octanol–water partition coefficient (Wildman–Crippen LogP) is 4.63. The summed E-state index contributed by atoms with van der Waals surface area (Å²) in [5.74, 6) is -5.16. The molecule has 0 aromatic heterocycles. The average molecular weight is 430 g/mol. The van der Waals surface area contributed by atoms with Gasteiger partial charge in [-0.3, -0.25) is 14.4 Å².